The summed E-state index contributed by atoms with van der Waals surface area (Å²) in [6.07, 6.45) is 2.40. The lowest BCUT2D eigenvalue weighted by atomic mass is 10.4. The Balaban J connectivity index is 1.91. The number of nitrogens with two attached hydrogens (primary N) is 1. The highest BCUT2D eigenvalue weighted by atomic mass is 32.1. The molecule has 1 aliphatic rings. The van der Waals surface area contributed by atoms with E-state index >= 15 is 0 Å². The van der Waals surface area contributed by atoms with Crippen molar-refractivity contribution in [1.29, 1.82) is 0 Å². The normalized spacial score (nSPS) is 15.6. The van der Waals surface area contributed by atoms with E-state index in [0.29, 0.717) is 12.6 Å². The van der Waals surface area contributed by atoms with Gasteiger partial charge in [-0.05, 0) is 24.3 Å². The lowest BCUT2D eigenvalue weighted by molar-refractivity contribution is -0.122. The Bertz CT molecular complexity index is 321. The van der Waals surface area contributed by atoms with Crippen LogP contribution in [0.5, 0.6) is 0 Å². The second-order valence-corrected chi connectivity index (χ2v) is 4.82. The van der Waals surface area contributed by atoms with Crippen LogP contribution in [0.2, 0.25) is 0 Å². The molecule has 0 radical (unpaired) electrons. The monoisotopic (exact) mass is 225 g/mol. The van der Waals surface area contributed by atoms with Gasteiger partial charge in [0.2, 0.25) is 5.91 Å². The predicted octanol–water partition coefficient (Wildman–Crippen LogP) is 0.702. The van der Waals surface area contributed by atoms with Gasteiger partial charge in [-0.2, -0.15) is 0 Å². The van der Waals surface area contributed by atoms with Crippen molar-refractivity contribution in [2.75, 3.05) is 6.54 Å². The zero-order chi connectivity index (χ0) is 10.7. The summed E-state index contributed by atoms with van der Waals surface area (Å²) in [4.78, 5) is 14.7. The first kappa shape index (κ1) is 10.6. The predicted molar refractivity (Wildman–Crippen MR) is 60.1 cm³/mol. The molecule has 1 aromatic heterocycles. The summed E-state index contributed by atoms with van der Waals surface area (Å²) in [6.45, 7) is 1.26. The average Bonchev–Trinajstić information content (AvgIpc) is 2.97. The van der Waals surface area contributed by atoms with Gasteiger partial charge in [0.15, 0.2) is 0 Å². The maximum absolute atomic E-state index is 11.2. The molecule has 15 heavy (non-hydrogen) atoms. The Kier molecular flexibility index (Phi) is 3.35. The molecule has 2 rings (SSSR count). The Morgan fingerprint density at radius 2 is 2.47 bits per heavy atom. The highest BCUT2D eigenvalue weighted by molar-refractivity contribution is 7.09. The molecule has 0 saturated heterocycles. The molecule has 0 bridgehead atoms. The third-order valence-electron chi connectivity index (χ3n) is 2.51. The van der Waals surface area contributed by atoms with Crippen molar-refractivity contribution in [3.8, 4) is 0 Å². The highest BCUT2D eigenvalue weighted by Crippen LogP contribution is 2.28. The number of rotatable bonds is 5. The third kappa shape index (κ3) is 3.02. The van der Waals surface area contributed by atoms with Crippen molar-refractivity contribution < 1.29 is 4.79 Å². The number of hydrogen-bond acceptors (Lipinski definition) is 4. The van der Waals surface area contributed by atoms with E-state index in [0.717, 1.165) is 6.54 Å². The third-order valence-corrected chi connectivity index (χ3v) is 3.37. The molecule has 1 saturated carbocycles. The molecule has 3 N–H and O–H groups in total. The van der Waals surface area contributed by atoms with Gasteiger partial charge in [-0.3, -0.25) is 15.1 Å². The molecule has 0 aromatic carbocycles. The zero-order valence-corrected chi connectivity index (χ0v) is 9.30. The molecular formula is C10H15N3OS. The van der Waals surface area contributed by atoms with E-state index in [1.807, 2.05) is 6.07 Å². The minimum absolute atomic E-state index is 0.113. The summed E-state index contributed by atoms with van der Waals surface area (Å²) in [5.74, 6) is 4.98. The van der Waals surface area contributed by atoms with E-state index in [4.69, 9.17) is 5.84 Å². The lowest BCUT2D eigenvalue weighted by Gasteiger charge is -2.19. The number of thiophene rings is 1. The SMILES string of the molecule is NNC(=O)CN(Cc1cccs1)C1CC1. The molecule has 1 aromatic rings. The lowest BCUT2D eigenvalue weighted by Crippen LogP contribution is -2.40. The number of nitrogens with zero attached hydrogens (tertiary/aromatic N) is 1. The molecule has 5 heteroatoms. The van der Waals surface area contributed by atoms with Gasteiger partial charge in [0.05, 0.1) is 6.54 Å². The fraction of sp³-hybridized carbons (Fsp3) is 0.500. The van der Waals surface area contributed by atoms with Gasteiger partial charge in [-0.25, -0.2) is 5.84 Å². The van der Waals surface area contributed by atoms with E-state index in [1.165, 1.54) is 17.7 Å². The fourth-order valence-electron chi connectivity index (χ4n) is 1.59. The van der Waals surface area contributed by atoms with Crippen molar-refractivity contribution in [3.05, 3.63) is 22.4 Å². The topological polar surface area (TPSA) is 58.4 Å². The molecule has 0 atom stereocenters. The van der Waals surface area contributed by atoms with Gasteiger partial charge in [0, 0.05) is 17.5 Å². The number of amides is 1. The van der Waals surface area contributed by atoms with Crippen LogP contribution in [0.1, 0.15) is 17.7 Å². The molecule has 1 amide bonds. The summed E-state index contributed by atoms with van der Waals surface area (Å²) in [5, 5.41) is 2.06. The van der Waals surface area contributed by atoms with Crippen LogP contribution in [0.15, 0.2) is 17.5 Å². The van der Waals surface area contributed by atoms with E-state index in [1.54, 1.807) is 11.3 Å². The van der Waals surface area contributed by atoms with Crippen molar-refractivity contribution in [2.24, 2.45) is 5.84 Å². The summed E-state index contributed by atoms with van der Waals surface area (Å²) in [5.41, 5.74) is 2.18. The quantitative estimate of drug-likeness (QED) is 0.440. The van der Waals surface area contributed by atoms with Gasteiger partial charge in [0.25, 0.3) is 0 Å². The van der Waals surface area contributed by atoms with E-state index < -0.39 is 0 Å². The molecular weight excluding hydrogens is 210 g/mol. The molecule has 0 unspecified atom stereocenters. The standard InChI is InChI=1S/C10H15N3OS/c11-12-10(14)7-13(8-3-4-8)6-9-2-1-5-15-9/h1-2,5,8H,3-4,6-7,11H2,(H,12,14). The number of hydrogen-bond donors (Lipinski definition) is 2. The second kappa shape index (κ2) is 4.74. The van der Waals surface area contributed by atoms with Crippen LogP contribution in [-0.2, 0) is 11.3 Å². The van der Waals surface area contributed by atoms with Crippen molar-refractivity contribution in [2.45, 2.75) is 25.4 Å². The first-order chi connectivity index (χ1) is 7.29. The Labute approximate surface area is 93.0 Å². The van der Waals surface area contributed by atoms with Crippen LogP contribution >= 0.6 is 11.3 Å². The first-order valence-electron chi connectivity index (χ1n) is 5.05. The maximum atomic E-state index is 11.2. The fourth-order valence-corrected chi connectivity index (χ4v) is 2.32. The van der Waals surface area contributed by atoms with Crippen molar-refractivity contribution in [3.63, 3.8) is 0 Å². The van der Waals surface area contributed by atoms with Crippen LogP contribution in [-0.4, -0.2) is 23.4 Å². The zero-order valence-electron chi connectivity index (χ0n) is 8.48. The molecule has 0 spiro atoms. The van der Waals surface area contributed by atoms with Crippen molar-refractivity contribution in [1.82, 2.24) is 10.3 Å². The molecule has 1 heterocycles. The van der Waals surface area contributed by atoms with Crippen LogP contribution in [0, 0.1) is 0 Å². The van der Waals surface area contributed by atoms with E-state index in [9.17, 15) is 4.79 Å². The molecule has 1 fully saturated rings. The van der Waals surface area contributed by atoms with Crippen LogP contribution in [0.25, 0.3) is 0 Å². The van der Waals surface area contributed by atoms with Crippen LogP contribution in [0.3, 0.4) is 0 Å². The largest absolute Gasteiger partial charge is 0.293 e. The van der Waals surface area contributed by atoms with Gasteiger partial charge in [0.1, 0.15) is 0 Å². The smallest absolute Gasteiger partial charge is 0.248 e. The van der Waals surface area contributed by atoms with Gasteiger partial charge in [-0.15, -0.1) is 11.3 Å². The van der Waals surface area contributed by atoms with Gasteiger partial charge >= 0.3 is 0 Å². The van der Waals surface area contributed by atoms with Crippen LogP contribution in [0.4, 0.5) is 0 Å². The van der Waals surface area contributed by atoms with E-state index in [2.05, 4.69) is 21.8 Å². The Morgan fingerprint density at radius 3 is 3.00 bits per heavy atom. The number of nitrogens with one attached hydrogen (secondary N) is 1. The Hall–Kier alpha value is -0.910. The maximum Gasteiger partial charge on any atom is 0.248 e. The van der Waals surface area contributed by atoms with Gasteiger partial charge < -0.3 is 0 Å². The Morgan fingerprint density at radius 1 is 1.67 bits per heavy atom. The molecule has 0 aliphatic heterocycles. The minimum atomic E-state index is -0.113. The minimum Gasteiger partial charge on any atom is -0.293 e. The average molecular weight is 225 g/mol. The number of hydrazine groups is 1. The first-order valence-corrected chi connectivity index (χ1v) is 5.93. The summed E-state index contributed by atoms with van der Waals surface area (Å²) in [6, 6.07) is 4.71. The molecule has 4 nitrogen and oxygen atoms in total. The molecule has 82 valence electrons. The van der Waals surface area contributed by atoms with Gasteiger partial charge in [-0.1, -0.05) is 6.07 Å². The number of carbonyl (C=O) groups is 1. The summed E-state index contributed by atoms with van der Waals surface area (Å²) < 4.78 is 0. The molecule has 1 aliphatic carbocycles. The van der Waals surface area contributed by atoms with E-state index in [-0.39, 0.29) is 5.91 Å². The second-order valence-electron chi connectivity index (χ2n) is 3.78. The summed E-state index contributed by atoms with van der Waals surface area (Å²) >= 11 is 1.73. The highest BCUT2D eigenvalue weighted by Gasteiger charge is 2.30. The van der Waals surface area contributed by atoms with Crippen molar-refractivity contribution >= 4 is 17.2 Å². The van der Waals surface area contributed by atoms with Crippen LogP contribution < -0.4 is 11.3 Å². The summed E-state index contributed by atoms with van der Waals surface area (Å²) in [7, 11) is 0. The number of carbonyl (C=O) groups excluding carboxylic acids is 1.